The zero-order valence-corrected chi connectivity index (χ0v) is 17.8. The number of rotatable bonds is 7. The highest BCUT2D eigenvalue weighted by atomic mass is 16.3. The summed E-state index contributed by atoms with van der Waals surface area (Å²) in [4.78, 5) is 0. The van der Waals surface area contributed by atoms with Crippen molar-refractivity contribution >= 4 is 0 Å². The second kappa shape index (κ2) is 9.59. The average Bonchev–Trinajstić information content (AvgIpc) is 3.22. The van der Waals surface area contributed by atoms with Gasteiger partial charge in [-0.15, -0.1) is 0 Å². The molecule has 0 unspecified atom stereocenters. The third kappa shape index (κ3) is 5.39. The number of aryl methyl sites for hydroxylation is 1. The fourth-order valence-corrected chi connectivity index (χ4v) is 5.76. The molecule has 1 saturated carbocycles. The third-order valence-corrected chi connectivity index (χ3v) is 7.37. The highest BCUT2D eigenvalue weighted by Crippen LogP contribution is 2.48. The van der Waals surface area contributed by atoms with Crippen molar-refractivity contribution in [3.05, 3.63) is 59.2 Å². The second-order valence-corrected chi connectivity index (χ2v) is 9.61. The Bertz CT molecular complexity index is 734. The van der Waals surface area contributed by atoms with Crippen LogP contribution in [0.1, 0.15) is 49.7 Å². The van der Waals surface area contributed by atoms with E-state index in [2.05, 4.69) is 42.6 Å². The summed E-state index contributed by atoms with van der Waals surface area (Å²) in [6.45, 7) is 4.44. The molecule has 1 aromatic rings. The number of aliphatic hydroxyl groups excluding tert-OH is 2. The molecule has 3 aliphatic rings. The molecule has 2 aliphatic carbocycles. The van der Waals surface area contributed by atoms with Gasteiger partial charge in [0, 0.05) is 12.3 Å². The Labute approximate surface area is 175 Å². The van der Waals surface area contributed by atoms with E-state index in [9.17, 15) is 10.2 Å². The van der Waals surface area contributed by atoms with Gasteiger partial charge in [0.25, 0.3) is 0 Å². The first-order valence-corrected chi connectivity index (χ1v) is 11.6. The zero-order chi connectivity index (χ0) is 20.2. The van der Waals surface area contributed by atoms with Crippen molar-refractivity contribution < 1.29 is 10.2 Å². The van der Waals surface area contributed by atoms with Crippen LogP contribution in [0.3, 0.4) is 0 Å². The van der Waals surface area contributed by atoms with Crippen LogP contribution in [0.25, 0.3) is 0 Å². The standard InChI is InChI=1S/C26H37NO2/c1-18-3-2-4-20(13-18)15-23(28)7-8-24-25-16-21(14-22(25)17-26(24)29)6-5-19-9-11-27-12-10-19/h2-4,7-8,13-14,19,22-29H,5-6,9-12,15-17H2,1H3/t22-,23+,24+,25-,26+/m0/s1. The lowest BCUT2D eigenvalue weighted by Crippen LogP contribution is -2.27. The van der Waals surface area contributed by atoms with Gasteiger partial charge in [-0.2, -0.15) is 0 Å². The van der Waals surface area contributed by atoms with E-state index in [-0.39, 0.29) is 12.0 Å². The molecule has 1 heterocycles. The summed E-state index contributed by atoms with van der Waals surface area (Å²) < 4.78 is 0. The van der Waals surface area contributed by atoms with Crippen molar-refractivity contribution in [3.8, 4) is 0 Å². The van der Waals surface area contributed by atoms with Crippen molar-refractivity contribution in [2.24, 2.45) is 23.7 Å². The van der Waals surface area contributed by atoms with E-state index in [1.54, 1.807) is 5.57 Å². The van der Waals surface area contributed by atoms with Crippen LogP contribution in [-0.2, 0) is 6.42 Å². The Balaban J connectivity index is 1.29. The van der Waals surface area contributed by atoms with Gasteiger partial charge in [-0.25, -0.2) is 0 Å². The number of allylic oxidation sites excluding steroid dienone is 2. The first-order chi connectivity index (χ1) is 14.1. The van der Waals surface area contributed by atoms with Crippen molar-refractivity contribution in [1.29, 1.82) is 0 Å². The molecular weight excluding hydrogens is 358 g/mol. The van der Waals surface area contributed by atoms with Crippen molar-refractivity contribution in [1.82, 2.24) is 5.32 Å². The molecule has 1 aliphatic heterocycles. The molecular formula is C26H37NO2. The van der Waals surface area contributed by atoms with E-state index in [0.717, 1.165) is 24.3 Å². The maximum atomic E-state index is 10.6. The summed E-state index contributed by atoms with van der Waals surface area (Å²) in [7, 11) is 0. The predicted molar refractivity (Wildman–Crippen MR) is 119 cm³/mol. The fourth-order valence-electron chi connectivity index (χ4n) is 5.76. The molecule has 5 atom stereocenters. The average molecular weight is 396 g/mol. The van der Waals surface area contributed by atoms with Gasteiger partial charge in [0.15, 0.2) is 0 Å². The van der Waals surface area contributed by atoms with Gasteiger partial charge in [-0.05, 0) is 81.9 Å². The van der Waals surface area contributed by atoms with Crippen LogP contribution < -0.4 is 5.32 Å². The van der Waals surface area contributed by atoms with E-state index in [1.165, 1.54) is 44.3 Å². The summed E-state index contributed by atoms with van der Waals surface area (Å²) in [5, 5.41) is 24.5. The van der Waals surface area contributed by atoms with Gasteiger partial charge in [0.1, 0.15) is 0 Å². The topological polar surface area (TPSA) is 52.5 Å². The number of hydrogen-bond acceptors (Lipinski definition) is 3. The molecule has 2 fully saturated rings. The minimum absolute atomic E-state index is 0.180. The quantitative estimate of drug-likeness (QED) is 0.607. The van der Waals surface area contributed by atoms with Crippen LogP contribution in [0, 0.1) is 30.6 Å². The van der Waals surface area contributed by atoms with Gasteiger partial charge in [-0.3, -0.25) is 0 Å². The van der Waals surface area contributed by atoms with Gasteiger partial charge < -0.3 is 15.5 Å². The molecule has 3 heteroatoms. The van der Waals surface area contributed by atoms with Gasteiger partial charge in [0.2, 0.25) is 0 Å². The molecule has 1 aromatic carbocycles. The zero-order valence-electron chi connectivity index (χ0n) is 17.8. The molecule has 0 radical (unpaired) electrons. The van der Waals surface area contributed by atoms with E-state index in [0.29, 0.717) is 18.3 Å². The Hall–Kier alpha value is -1.42. The fraction of sp³-hybridized carbons (Fsp3) is 0.615. The second-order valence-electron chi connectivity index (χ2n) is 9.61. The van der Waals surface area contributed by atoms with Crippen molar-refractivity contribution in [2.45, 2.75) is 64.1 Å². The lowest BCUT2D eigenvalue weighted by molar-refractivity contribution is 0.140. The summed E-state index contributed by atoms with van der Waals surface area (Å²) >= 11 is 0. The predicted octanol–water partition coefficient (Wildman–Crippen LogP) is 4.18. The monoisotopic (exact) mass is 395 g/mol. The van der Waals surface area contributed by atoms with Crippen LogP contribution in [0.2, 0.25) is 0 Å². The summed E-state index contributed by atoms with van der Waals surface area (Å²) in [5.74, 6) is 2.11. The van der Waals surface area contributed by atoms with Gasteiger partial charge in [0.05, 0.1) is 12.2 Å². The minimum Gasteiger partial charge on any atom is -0.392 e. The minimum atomic E-state index is -0.489. The van der Waals surface area contributed by atoms with Gasteiger partial charge in [-0.1, -0.05) is 53.6 Å². The third-order valence-electron chi connectivity index (χ3n) is 7.37. The molecule has 158 valence electrons. The lowest BCUT2D eigenvalue weighted by Gasteiger charge is -2.23. The SMILES string of the molecule is Cc1cccc(C[C@H](O)C=C[C@@H]2[C@H]3CC(CCC4CCNCC4)=C[C@H]3C[C@H]2O)c1. The molecule has 0 amide bonds. The van der Waals surface area contributed by atoms with E-state index < -0.39 is 6.10 Å². The van der Waals surface area contributed by atoms with Crippen LogP contribution in [0.4, 0.5) is 0 Å². The molecule has 1 saturated heterocycles. The molecule has 29 heavy (non-hydrogen) atoms. The normalized spacial score (nSPS) is 31.2. The van der Waals surface area contributed by atoms with Crippen LogP contribution >= 0.6 is 0 Å². The molecule has 0 bridgehead atoms. The Kier molecular flexibility index (Phi) is 6.89. The molecule has 3 nitrogen and oxygen atoms in total. The number of fused-ring (bicyclic) bond motifs is 1. The van der Waals surface area contributed by atoms with E-state index >= 15 is 0 Å². The first-order valence-electron chi connectivity index (χ1n) is 11.6. The summed E-state index contributed by atoms with van der Waals surface area (Å²) in [5.41, 5.74) is 4.00. The van der Waals surface area contributed by atoms with E-state index in [4.69, 9.17) is 0 Å². The number of aliphatic hydroxyl groups is 2. The van der Waals surface area contributed by atoms with Crippen molar-refractivity contribution in [2.75, 3.05) is 13.1 Å². The number of nitrogens with one attached hydrogen (secondary N) is 1. The Morgan fingerprint density at radius 1 is 1.24 bits per heavy atom. The van der Waals surface area contributed by atoms with Gasteiger partial charge >= 0.3 is 0 Å². The summed E-state index contributed by atoms with van der Waals surface area (Å²) in [6.07, 6.45) is 13.6. The molecule has 3 N–H and O–H groups in total. The van der Waals surface area contributed by atoms with Crippen LogP contribution in [0.5, 0.6) is 0 Å². The Morgan fingerprint density at radius 2 is 2.07 bits per heavy atom. The summed E-state index contributed by atoms with van der Waals surface area (Å²) in [6, 6.07) is 8.33. The molecule has 4 rings (SSSR count). The number of hydrogen-bond donors (Lipinski definition) is 3. The number of piperidine rings is 1. The maximum Gasteiger partial charge on any atom is 0.0761 e. The highest BCUT2D eigenvalue weighted by Gasteiger charge is 2.43. The van der Waals surface area contributed by atoms with Crippen molar-refractivity contribution in [3.63, 3.8) is 0 Å². The van der Waals surface area contributed by atoms with E-state index in [1.807, 2.05) is 12.1 Å². The Morgan fingerprint density at radius 3 is 2.86 bits per heavy atom. The largest absolute Gasteiger partial charge is 0.392 e. The molecule has 0 aromatic heterocycles. The first kappa shape index (κ1) is 20.8. The smallest absolute Gasteiger partial charge is 0.0761 e. The van der Waals surface area contributed by atoms with Crippen LogP contribution in [0.15, 0.2) is 48.1 Å². The number of benzene rings is 1. The maximum absolute atomic E-state index is 10.6. The molecule has 0 spiro atoms. The van der Waals surface area contributed by atoms with Crippen LogP contribution in [-0.4, -0.2) is 35.5 Å². The lowest BCUT2D eigenvalue weighted by atomic mass is 9.87. The highest BCUT2D eigenvalue weighted by molar-refractivity contribution is 5.24.